The number of hydrogen-bond acceptors (Lipinski definition) is 3. The van der Waals surface area contributed by atoms with Gasteiger partial charge in [0.05, 0.1) is 5.52 Å². The van der Waals surface area contributed by atoms with Gasteiger partial charge in [-0.1, -0.05) is 97.1 Å². The van der Waals surface area contributed by atoms with E-state index in [1.54, 1.807) is 0 Å². The first-order valence-electron chi connectivity index (χ1n) is 15.5. The van der Waals surface area contributed by atoms with Crippen LogP contribution >= 0.6 is 0 Å². The van der Waals surface area contributed by atoms with Crippen molar-refractivity contribution in [1.82, 2.24) is 4.98 Å². The Morgan fingerprint density at radius 2 is 1.59 bits per heavy atom. The maximum Gasteiger partial charge on any atom is 0.135 e. The molecule has 4 nitrogen and oxygen atoms in total. The molecule has 0 spiro atoms. The van der Waals surface area contributed by atoms with E-state index in [0.29, 0.717) is 18.0 Å². The maximum absolute atomic E-state index is 6.35. The van der Waals surface area contributed by atoms with Gasteiger partial charge in [0.2, 0.25) is 0 Å². The summed E-state index contributed by atoms with van der Waals surface area (Å²) in [5.74, 6) is 2.43. The van der Waals surface area contributed by atoms with Gasteiger partial charge < -0.3 is 14.7 Å². The van der Waals surface area contributed by atoms with E-state index in [4.69, 9.17) is 9.40 Å². The number of benzene rings is 3. The average Bonchev–Trinajstić information content (AvgIpc) is 3.41. The molecule has 0 bridgehead atoms. The summed E-state index contributed by atoms with van der Waals surface area (Å²) in [5.41, 5.74) is 11.3. The average molecular weight is 764 g/mol. The van der Waals surface area contributed by atoms with Crippen molar-refractivity contribution >= 4 is 27.7 Å². The van der Waals surface area contributed by atoms with Crippen molar-refractivity contribution in [2.45, 2.75) is 93.7 Å². The molecule has 1 aliphatic carbocycles. The zero-order chi connectivity index (χ0) is 31.2. The normalized spacial score (nSPS) is 13.6. The van der Waals surface area contributed by atoms with Crippen LogP contribution in [0.25, 0.3) is 49.8 Å². The minimum atomic E-state index is -0.197. The zero-order valence-corrected chi connectivity index (χ0v) is 30.4. The van der Waals surface area contributed by atoms with Gasteiger partial charge in [0.1, 0.15) is 11.3 Å². The number of rotatable bonds is 4. The number of nitrogens with zero attached hydrogens (tertiary/aromatic N) is 3. The fourth-order valence-electron chi connectivity index (χ4n) is 6.49. The Morgan fingerprint density at radius 1 is 0.909 bits per heavy atom. The number of furan rings is 1. The summed E-state index contributed by atoms with van der Waals surface area (Å²) in [7, 11) is 0. The predicted molar refractivity (Wildman–Crippen MR) is 183 cm³/mol. The first kappa shape index (κ1) is 33.6. The Hall–Kier alpha value is -3.27. The summed E-state index contributed by atoms with van der Waals surface area (Å²) in [6.45, 7) is 23.7. The first-order valence-corrected chi connectivity index (χ1v) is 15.5. The molecule has 6 rings (SSSR count). The van der Waals surface area contributed by atoms with Crippen LogP contribution in [0.2, 0.25) is 0 Å². The van der Waals surface area contributed by atoms with Gasteiger partial charge in [0, 0.05) is 36.4 Å². The zero-order valence-electron chi connectivity index (χ0n) is 28.0. The van der Waals surface area contributed by atoms with Crippen molar-refractivity contribution in [1.29, 1.82) is 0 Å². The fourth-order valence-corrected chi connectivity index (χ4v) is 6.49. The van der Waals surface area contributed by atoms with E-state index in [1.807, 2.05) is 12.1 Å². The number of aryl methyl sites for hydroxylation is 3. The molecule has 0 amide bonds. The van der Waals surface area contributed by atoms with Crippen LogP contribution in [-0.2, 0) is 25.5 Å². The SMILES string of the molecule is CC(C)N=C([N-]C(C)C)C(C)C.Cc1cc(C)c2c(C)cc(-c3[c-]ccc4c3C(C)(C)c3c-4oc4ccccc34)nc2c1.[Ir]. The van der Waals surface area contributed by atoms with Gasteiger partial charge in [0.15, 0.2) is 0 Å². The molecule has 1 radical (unpaired) electrons. The van der Waals surface area contributed by atoms with Crippen LogP contribution in [-0.4, -0.2) is 22.9 Å². The smallest absolute Gasteiger partial charge is 0.135 e. The van der Waals surface area contributed by atoms with E-state index in [2.05, 4.69) is 135 Å². The van der Waals surface area contributed by atoms with Crippen LogP contribution in [0, 0.1) is 32.8 Å². The van der Waals surface area contributed by atoms with E-state index >= 15 is 0 Å². The molecular formula is C39H45IrN3O-2. The molecule has 2 aromatic heterocycles. The van der Waals surface area contributed by atoms with E-state index in [9.17, 15) is 0 Å². The second kappa shape index (κ2) is 13.0. The molecule has 44 heavy (non-hydrogen) atoms. The van der Waals surface area contributed by atoms with Gasteiger partial charge in [-0.25, -0.2) is 0 Å². The van der Waals surface area contributed by atoms with Crippen molar-refractivity contribution in [3.63, 3.8) is 0 Å². The summed E-state index contributed by atoms with van der Waals surface area (Å²) in [4.78, 5) is 9.59. The third kappa shape index (κ3) is 6.28. The molecule has 0 saturated heterocycles. The van der Waals surface area contributed by atoms with Crippen molar-refractivity contribution in [3.8, 4) is 22.6 Å². The number of hydrogen-bond donors (Lipinski definition) is 0. The van der Waals surface area contributed by atoms with Gasteiger partial charge >= 0.3 is 0 Å². The number of amidine groups is 1. The van der Waals surface area contributed by atoms with Gasteiger partial charge in [-0.3, -0.25) is 4.98 Å². The van der Waals surface area contributed by atoms with Crippen LogP contribution in [0.4, 0.5) is 0 Å². The van der Waals surface area contributed by atoms with E-state index in [-0.39, 0.29) is 25.5 Å². The Labute approximate surface area is 277 Å². The van der Waals surface area contributed by atoms with Crippen LogP contribution in [0.3, 0.4) is 0 Å². The van der Waals surface area contributed by atoms with E-state index < -0.39 is 0 Å². The minimum Gasteiger partial charge on any atom is -0.466 e. The molecule has 5 aromatic rings. The summed E-state index contributed by atoms with van der Waals surface area (Å²) in [6, 6.07) is 23.3. The molecule has 2 heterocycles. The summed E-state index contributed by atoms with van der Waals surface area (Å²) >= 11 is 0. The second-order valence-corrected chi connectivity index (χ2v) is 13.3. The molecular weight excluding hydrogens is 719 g/mol. The second-order valence-electron chi connectivity index (χ2n) is 13.3. The van der Waals surface area contributed by atoms with Crippen LogP contribution in [0.5, 0.6) is 0 Å². The summed E-state index contributed by atoms with van der Waals surface area (Å²) in [6.07, 6.45) is 0. The maximum atomic E-state index is 6.35. The molecule has 0 aliphatic heterocycles. The van der Waals surface area contributed by atoms with Crippen LogP contribution < -0.4 is 0 Å². The Kier molecular flexibility index (Phi) is 9.93. The number of fused-ring (bicyclic) bond motifs is 6. The molecule has 1 aliphatic rings. The molecule has 0 fully saturated rings. The third-order valence-electron chi connectivity index (χ3n) is 8.09. The monoisotopic (exact) mass is 764 g/mol. The number of aliphatic imine (C=N–C) groups is 1. The largest absolute Gasteiger partial charge is 0.466 e. The molecule has 0 unspecified atom stereocenters. The third-order valence-corrected chi connectivity index (χ3v) is 8.09. The summed E-state index contributed by atoms with van der Waals surface area (Å²) in [5, 5.41) is 6.91. The van der Waals surface area contributed by atoms with Crippen LogP contribution in [0.1, 0.15) is 83.2 Å². The van der Waals surface area contributed by atoms with Gasteiger partial charge in [0.25, 0.3) is 0 Å². The summed E-state index contributed by atoms with van der Waals surface area (Å²) < 4.78 is 6.35. The molecule has 5 heteroatoms. The molecule has 0 atom stereocenters. The van der Waals surface area contributed by atoms with Crippen LogP contribution in [0.15, 0.2) is 64.0 Å². The fraction of sp³-hybridized carbons (Fsp3) is 0.385. The predicted octanol–water partition coefficient (Wildman–Crippen LogP) is 10.9. The number of aromatic nitrogens is 1. The van der Waals surface area contributed by atoms with Crippen molar-refractivity contribution in [3.05, 3.63) is 93.8 Å². The molecule has 3 aromatic carbocycles. The Balaban J connectivity index is 0.000000293. The molecule has 233 valence electrons. The Bertz CT molecular complexity index is 1840. The van der Waals surface area contributed by atoms with Crippen molar-refractivity contribution in [2.24, 2.45) is 10.9 Å². The quantitative estimate of drug-likeness (QED) is 0.104. The minimum absolute atomic E-state index is 0. The topological polar surface area (TPSA) is 52.5 Å². The molecule has 0 N–H and O–H groups in total. The van der Waals surface area contributed by atoms with E-state index in [0.717, 1.165) is 39.5 Å². The molecule has 0 saturated carbocycles. The first-order chi connectivity index (χ1) is 20.3. The van der Waals surface area contributed by atoms with Gasteiger partial charge in [-0.15, -0.1) is 29.3 Å². The standard InChI is InChI=1S/C29H24NO.C10H21N2.Ir/c1-16-13-17(2)25-18(3)15-22(30-23(25)14-16)19-10-8-11-21-26(19)29(4,5)27-20-9-6-7-12-24(20)31-28(21)27;1-7(2)10(11-8(3)4)12-9(5)6;/h6-9,11-15H,1-5H3;7-9H,1-6H3;/q2*-1;. The Morgan fingerprint density at radius 3 is 2.25 bits per heavy atom. The van der Waals surface area contributed by atoms with Gasteiger partial charge in [-0.05, 0) is 78.7 Å². The number of pyridine rings is 1. The van der Waals surface area contributed by atoms with Crippen molar-refractivity contribution in [2.75, 3.05) is 0 Å². The van der Waals surface area contributed by atoms with Crippen molar-refractivity contribution < 1.29 is 24.5 Å². The number of para-hydroxylation sites is 1. The van der Waals surface area contributed by atoms with E-state index in [1.165, 1.54) is 38.6 Å². The van der Waals surface area contributed by atoms with Gasteiger partial charge in [-0.2, -0.15) is 0 Å².